The van der Waals surface area contributed by atoms with Gasteiger partial charge in [0.15, 0.2) is 0 Å². The Balaban J connectivity index is 1.31. The van der Waals surface area contributed by atoms with E-state index in [1.54, 1.807) is 0 Å². The Morgan fingerprint density at radius 1 is 1.09 bits per heavy atom. The van der Waals surface area contributed by atoms with Crippen LogP contribution in [0.4, 0.5) is 0 Å². The monoisotopic (exact) mass is 433 g/mol. The van der Waals surface area contributed by atoms with Gasteiger partial charge in [0, 0.05) is 25.4 Å². The summed E-state index contributed by atoms with van der Waals surface area (Å²) in [5, 5.41) is 3.06. The number of rotatable bonds is 10. The summed E-state index contributed by atoms with van der Waals surface area (Å²) >= 11 is 0. The number of benzene rings is 2. The summed E-state index contributed by atoms with van der Waals surface area (Å²) in [6.07, 6.45) is 4.76. The van der Waals surface area contributed by atoms with Gasteiger partial charge in [-0.2, -0.15) is 0 Å². The molecule has 32 heavy (non-hydrogen) atoms. The van der Waals surface area contributed by atoms with Gasteiger partial charge in [0.2, 0.25) is 5.91 Å². The standard InChI is InChI=1S/C27H35N3O2/c1-27(2,3)21-13-15-22(16-14-21)32-19-7-18-30-24-9-5-4-8-23(24)29-25(30)10-6-17-28-26(31)20-11-12-20/h4-5,8-9,13-16,20H,6-7,10-12,17-19H2,1-3H3,(H,28,31). The number of hydrogen-bond acceptors (Lipinski definition) is 3. The molecule has 1 saturated carbocycles. The molecule has 0 radical (unpaired) electrons. The van der Waals surface area contributed by atoms with Crippen LogP contribution in [-0.2, 0) is 23.2 Å². The molecule has 5 nitrogen and oxygen atoms in total. The number of ether oxygens (including phenoxy) is 1. The topological polar surface area (TPSA) is 56.1 Å². The minimum absolute atomic E-state index is 0.151. The normalized spacial score (nSPS) is 14.0. The van der Waals surface area contributed by atoms with Crippen LogP contribution in [0.25, 0.3) is 11.0 Å². The van der Waals surface area contributed by atoms with E-state index >= 15 is 0 Å². The zero-order chi connectivity index (χ0) is 22.6. The fraction of sp³-hybridized carbons (Fsp3) is 0.481. The largest absolute Gasteiger partial charge is 0.494 e. The molecule has 0 aliphatic heterocycles. The van der Waals surface area contributed by atoms with Crippen LogP contribution < -0.4 is 10.1 Å². The number of fused-ring (bicyclic) bond motifs is 1. The maximum atomic E-state index is 11.8. The second-order valence-corrected chi connectivity index (χ2v) is 9.81. The number of nitrogens with zero attached hydrogens (tertiary/aromatic N) is 2. The van der Waals surface area contributed by atoms with E-state index in [2.05, 4.69) is 73.1 Å². The zero-order valence-electron chi connectivity index (χ0n) is 19.6. The summed E-state index contributed by atoms with van der Waals surface area (Å²) in [5.74, 6) is 2.48. The van der Waals surface area contributed by atoms with Gasteiger partial charge in [-0.3, -0.25) is 4.79 Å². The van der Waals surface area contributed by atoms with E-state index in [0.717, 1.165) is 55.7 Å². The highest BCUT2D eigenvalue weighted by molar-refractivity contribution is 5.80. The Hall–Kier alpha value is -2.82. The lowest BCUT2D eigenvalue weighted by Gasteiger charge is -2.19. The van der Waals surface area contributed by atoms with Gasteiger partial charge in [0.25, 0.3) is 0 Å². The lowest BCUT2D eigenvalue weighted by Crippen LogP contribution is -2.26. The summed E-state index contributed by atoms with van der Waals surface area (Å²) in [4.78, 5) is 16.7. The van der Waals surface area contributed by atoms with E-state index in [-0.39, 0.29) is 17.2 Å². The minimum Gasteiger partial charge on any atom is -0.494 e. The second kappa shape index (κ2) is 9.76. The molecular weight excluding hydrogens is 398 g/mol. The first kappa shape index (κ1) is 22.4. The fourth-order valence-electron chi connectivity index (χ4n) is 3.98. The third-order valence-corrected chi connectivity index (χ3v) is 6.07. The fourth-order valence-corrected chi connectivity index (χ4v) is 3.98. The predicted molar refractivity (Wildman–Crippen MR) is 129 cm³/mol. The van der Waals surface area contributed by atoms with Gasteiger partial charge in [-0.05, 0) is 60.9 Å². The number of amides is 1. The van der Waals surface area contributed by atoms with Crippen molar-refractivity contribution >= 4 is 16.9 Å². The highest BCUT2D eigenvalue weighted by atomic mass is 16.5. The molecule has 4 rings (SSSR count). The Bertz CT molecular complexity index is 1040. The summed E-state index contributed by atoms with van der Waals surface area (Å²) in [5.41, 5.74) is 3.66. The van der Waals surface area contributed by atoms with Gasteiger partial charge in [0.1, 0.15) is 11.6 Å². The molecule has 0 bridgehead atoms. The Labute approximate surface area is 191 Å². The molecule has 5 heteroatoms. The Morgan fingerprint density at radius 3 is 2.56 bits per heavy atom. The van der Waals surface area contributed by atoms with E-state index in [1.807, 2.05) is 6.07 Å². The molecular formula is C27H35N3O2. The summed E-state index contributed by atoms with van der Waals surface area (Å²) in [6, 6.07) is 16.7. The number of hydrogen-bond donors (Lipinski definition) is 1. The quantitative estimate of drug-likeness (QED) is 0.444. The average Bonchev–Trinajstić information content (AvgIpc) is 3.57. The van der Waals surface area contributed by atoms with Gasteiger partial charge < -0.3 is 14.6 Å². The lowest BCUT2D eigenvalue weighted by molar-refractivity contribution is -0.122. The van der Waals surface area contributed by atoms with Crippen LogP contribution in [0.5, 0.6) is 5.75 Å². The van der Waals surface area contributed by atoms with Gasteiger partial charge in [-0.25, -0.2) is 4.98 Å². The van der Waals surface area contributed by atoms with E-state index in [9.17, 15) is 4.79 Å². The van der Waals surface area contributed by atoms with Gasteiger partial charge in [-0.1, -0.05) is 45.0 Å². The third kappa shape index (κ3) is 5.70. The van der Waals surface area contributed by atoms with Gasteiger partial charge in [-0.15, -0.1) is 0 Å². The van der Waals surface area contributed by atoms with Crippen LogP contribution in [0.15, 0.2) is 48.5 Å². The smallest absolute Gasteiger partial charge is 0.223 e. The molecule has 0 atom stereocenters. The van der Waals surface area contributed by atoms with Crippen molar-refractivity contribution in [2.45, 2.75) is 64.8 Å². The average molecular weight is 434 g/mol. The van der Waals surface area contributed by atoms with Gasteiger partial charge in [0.05, 0.1) is 17.6 Å². The van der Waals surface area contributed by atoms with E-state index < -0.39 is 0 Å². The van der Waals surface area contributed by atoms with Crippen molar-refractivity contribution < 1.29 is 9.53 Å². The van der Waals surface area contributed by atoms with Crippen LogP contribution in [0.3, 0.4) is 0 Å². The number of carbonyl (C=O) groups excluding carboxylic acids is 1. The molecule has 1 fully saturated rings. The van der Waals surface area contributed by atoms with Crippen molar-refractivity contribution in [1.29, 1.82) is 0 Å². The van der Waals surface area contributed by atoms with Crippen molar-refractivity contribution in [3.63, 3.8) is 0 Å². The van der Waals surface area contributed by atoms with Crippen molar-refractivity contribution in [3.05, 3.63) is 59.9 Å². The van der Waals surface area contributed by atoms with Crippen molar-refractivity contribution in [3.8, 4) is 5.75 Å². The van der Waals surface area contributed by atoms with Crippen LogP contribution in [0, 0.1) is 5.92 Å². The maximum absolute atomic E-state index is 11.8. The molecule has 1 aliphatic rings. The summed E-state index contributed by atoms with van der Waals surface area (Å²) < 4.78 is 8.31. The first-order valence-corrected chi connectivity index (χ1v) is 11.9. The van der Waals surface area contributed by atoms with E-state index in [1.165, 1.54) is 11.1 Å². The molecule has 0 spiro atoms. The van der Waals surface area contributed by atoms with E-state index in [0.29, 0.717) is 13.2 Å². The molecule has 2 aromatic carbocycles. The molecule has 170 valence electrons. The highest BCUT2D eigenvalue weighted by Gasteiger charge is 2.29. The van der Waals surface area contributed by atoms with Crippen LogP contribution in [0.1, 0.15) is 57.8 Å². The first-order valence-electron chi connectivity index (χ1n) is 11.9. The Morgan fingerprint density at radius 2 is 1.84 bits per heavy atom. The number of nitrogens with one attached hydrogen (secondary N) is 1. The molecule has 1 aromatic heterocycles. The second-order valence-electron chi connectivity index (χ2n) is 9.81. The summed E-state index contributed by atoms with van der Waals surface area (Å²) in [6.45, 7) is 8.90. The highest BCUT2D eigenvalue weighted by Crippen LogP contribution is 2.28. The van der Waals surface area contributed by atoms with Crippen molar-refractivity contribution in [2.75, 3.05) is 13.2 Å². The van der Waals surface area contributed by atoms with E-state index in [4.69, 9.17) is 9.72 Å². The maximum Gasteiger partial charge on any atom is 0.223 e. The van der Waals surface area contributed by atoms with Crippen LogP contribution in [-0.4, -0.2) is 28.6 Å². The number of imidazole rings is 1. The third-order valence-electron chi connectivity index (χ3n) is 6.07. The van der Waals surface area contributed by atoms with Crippen LogP contribution in [0.2, 0.25) is 0 Å². The van der Waals surface area contributed by atoms with Crippen molar-refractivity contribution in [1.82, 2.24) is 14.9 Å². The number of para-hydroxylation sites is 2. The minimum atomic E-state index is 0.151. The molecule has 1 N–H and O–H groups in total. The lowest BCUT2D eigenvalue weighted by atomic mass is 9.87. The molecule has 1 aliphatic carbocycles. The SMILES string of the molecule is CC(C)(C)c1ccc(OCCCn2c(CCCNC(=O)C3CC3)nc3ccccc32)cc1. The van der Waals surface area contributed by atoms with Crippen molar-refractivity contribution in [2.24, 2.45) is 5.92 Å². The molecule has 0 unspecified atom stereocenters. The molecule has 3 aromatic rings. The zero-order valence-corrected chi connectivity index (χ0v) is 19.6. The van der Waals surface area contributed by atoms with Crippen LogP contribution >= 0.6 is 0 Å². The Kier molecular flexibility index (Phi) is 6.83. The van der Waals surface area contributed by atoms with Gasteiger partial charge >= 0.3 is 0 Å². The molecule has 0 saturated heterocycles. The number of aryl methyl sites for hydroxylation is 2. The number of aromatic nitrogens is 2. The first-order chi connectivity index (χ1) is 15.4. The number of carbonyl (C=O) groups is 1. The predicted octanol–water partition coefficient (Wildman–Crippen LogP) is 5.26. The molecule has 1 amide bonds. The summed E-state index contributed by atoms with van der Waals surface area (Å²) in [7, 11) is 0. The molecule has 1 heterocycles.